The SMILES string of the molecule is CC1CCCN(C(N)=NCCCN2CCCC2)C1. The highest BCUT2D eigenvalue weighted by Crippen LogP contribution is 2.14. The van der Waals surface area contributed by atoms with E-state index in [1.54, 1.807) is 0 Å². The Kier molecular flexibility index (Phi) is 5.29. The number of hydrogen-bond acceptors (Lipinski definition) is 2. The largest absolute Gasteiger partial charge is 0.370 e. The Morgan fingerprint density at radius 3 is 2.72 bits per heavy atom. The van der Waals surface area contributed by atoms with E-state index in [1.165, 1.54) is 45.3 Å². The van der Waals surface area contributed by atoms with E-state index in [1.807, 2.05) is 0 Å². The molecule has 0 radical (unpaired) electrons. The highest BCUT2D eigenvalue weighted by molar-refractivity contribution is 5.78. The Morgan fingerprint density at radius 1 is 1.22 bits per heavy atom. The molecule has 0 aliphatic carbocycles. The maximum atomic E-state index is 6.07. The summed E-state index contributed by atoms with van der Waals surface area (Å²) >= 11 is 0. The maximum absolute atomic E-state index is 6.07. The van der Waals surface area contributed by atoms with Crippen molar-refractivity contribution in [3.63, 3.8) is 0 Å². The minimum atomic E-state index is 0.761. The second-order valence-corrected chi connectivity index (χ2v) is 5.84. The number of likely N-dealkylation sites (tertiary alicyclic amines) is 2. The first-order chi connectivity index (χ1) is 8.75. The van der Waals surface area contributed by atoms with Gasteiger partial charge < -0.3 is 15.5 Å². The summed E-state index contributed by atoms with van der Waals surface area (Å²) in [5.41, 5.74) is 6.07. The molecule has 0 aromatic carbocycles. The fourth-order valence-electron chi connectivity index (χ4n) is 2.99. The lowest BCUT2D eigenvalue weighted by molar-refractivity contribution is 0.270. The van der Waals surface area contributed by atoms with Crippen LogP contribution in [0.4, 0.5) is 0 Å². The fraction of sp³-hybridized carbons (Fsp3) is 0.929. The molecule has 0 saturated carbocycles. The highest BCUT2D eigenvalue weighted by atomic mass is 15.3. The second kappa shape index (κ2) is 6.98. The first kappa shape index (κ1) is 13.7. The van der Waals surface area contributed by atoms with Crippen LogP contribution in [0.5, 0.6) is 0 Å². The van der Waals surface area contributed by atoms with Gasteiger partial charge in [-0.15, -0.1) is 0 Å². The van der Waals surface area contributed by atoms with Gasteiger partial charge in [-0.05, 0) is 57.7 Å². The van der Waals surface area contributed by atoms with E-state index in [9.17, 15) is 0 Å². The Labute approximate surface area is 111 Å². The first-order valence-corrected chi connectivity index (χ1v) is 7.53. The van der Waals surface area contributed by atoms with Crippen LogP contribution in [0, 0.1) is 5.92 Å². The van der Waals surface area contributed by atoms with Crippen molar-refractivity contribution in [1.29, 1.82) is 0 Å². The average molecular weight is 252 g/mol. The molecule has 2 saturated heterocycles. The summed E-state index contributed by atoms with van der Waals surface area (Å²) in [5, 5.41) is 0. The van der Waals surface area contributed by atoms with E-state index in [4.69, 9.17) is 5.73 Å². The maximum Gasteiger partial charge on any atom is 0.191 e. The van der Waals surface area contributed by atoms with Gasteiger partial charge in [-0.1, -0.05) is 6.92 Å². The van der Waals surface area contributed by atoms with E-state index >= 15 is 0 Å². The zero-order valence-corrected chi connectivity index (χ0v) is 11.8. The van der Waals surface area contributed by atoms with Gasteiger partial charge in [0.25, 0.3) is 0 Å². The molecule has 4 heteroatoms. The van der Waals surface area contributed by atoms with Gasteiger partial charge in [0.05, 0.1) is 0 Å². The van der Waals surface area contributed by atoms with E-state index in [2.05, 4.69) is 21.7 Å². The third-order valence-electron chi connectivity index (χ3n) is 4.09. The monoisotopic (exact) mass is 252 g/mol. The van der Waals surface area contributed by atoms with Gasteiger partial charge in [0.15, 0.2) is 5.96 Å². The van der Waals surface area contributed by atoms with E-state index in [0.29, 0.717) is 0 Å². The molecule has 2 N–H and O–H groups in total. The highest BCUT2D eigenvalue weighted by Gasteiger charge is 2.17. The summed E-state index contributed by atoms with van der Waals surface area (Å²) in [6.45, 7) is 9.10. The standard InChI is InChI=1S/C14H28N4/c1-13-6-4-11-18(12-13)14(15)16-7-5-10-17-8-2-3-9-17/h13H,2-12H2,1H3,(H2,15,16). The van der Waals surface area contributed by atoms with E-state index < -0.39 is 0 Å². The van der Waals surface area contributed by atoms with Gasteiger partial charge >= 0.3 is 0 Å². The summed E-state index contributed by atoms with van der Waals surface area (Å²) in [6, 6.07) is 0. The Balaban J connectivity index is 1.64. The molecule has 1 atom stereocenters. The van der Waals surface area contributed by atoms with Crippen LogP contribution >= 0.6 is 0 Å². The summed E-state index contributed by atoms with van der Waals surface area (Å²) < 4.78 is 0. The van der Waals surface area contributed by atoms with Crippen molar-refractivity contribution in [1.82, 2.24) is 9.80 Å². The summed E-state index contributed by atoms with van der Waals surface area (Å²) in [7, 11) is 0. The molecule has 2 aliphatic rings. The zero-order chi connectivity index (χ0) is 12.8. The van der Waals surface area contributed by atoms with Crippen molar-refractivity contribution in [2.45, 2.75) is 39.0 Å². The first-order valence-electron chi connectivity index (χ1n) is 7.53. The summed E-state index contributed by atoms with van der Waals surface area (Å²) in [5.74, 6) is 1.53. The molecule has 2 rings (SSSR count). The van der Waals surface area contributed by atoms with Crippen LogP contribution in [0.3, 0.4) is 0 Å². The molecule has 0 aromatic rings. The van der Waals surface area contributed by atoms with Gasteiger partial charge in [0, 0.05) is 19.6 Å². The Morgan fingerprint density at radius 2 is 2.00 bits per heavy atom. The minimum absolute atomic E-state index is 0.761. The predicted octanol–water partition coefficient (Wildman–Crippen LogP) is 1.52. The molecule has 2 aliphatic heterocycles. The third kappa shape index (κ3) is 4.16. The topological polar surface area (TPSA) is 44.9 Å². The summed E-state index contributed by atoms with van der Waals surface area (Å²) in [6.07, 6.45) is 6.47. The molecular weight excluding hydrogens is 224 g/mol. The average Bonchev–Trinajstić information content (AvgIpc) is 2.87. The number of hydrogen-bond donors (Lipinski definition) is 1. The Bertz CT molecular complexity index is 271. The van der Waals surface area contributed by atoms with Gasteiger partial charge in [-0.2, -0.15) is 0 Å². The van der Waals surface area contributed by atoms with Crippen LogP contribution in [0.2, 0.25) is 0 Å². The predicted molar refractivity (Wildman–Crippen MR) is 76.8 cm³/mol. The molecule has 18 heavy (non-hydrogen) atoms. The lowest BCUT2D eigenvalue weighted by Gasteiger charge is -2.31. The van der Waals surface area contributed by atoms with Crippen molar-refractivity contribution < 1.29 is 0 Å². The molecule has 104 valence electrons. The van der Waals surface area contributed by atoms with Crippen molar-refractivity contribution in [2.24, 2.45) is 16.6 Å². The van der Waals surface area contributed by atoms with Crippen LogP contribution in [0.15, 0.2) is 4.99 Å². The number of nitrogens with two attached hydrogens (primary N) is 1. The second-order valence-electron chi connectivity index (χ2n) is 5.84. The molecule has 0 spiro atoms. The lowest BCUT2D eigenvalue weighted by Crippen LogP contribution is -2.43. The molecule has 0 bridgehead atoms. The van der Waals surface area contributed by atoms with Gasteiger partial charge in [0.2, 0.25) is 0 Å². The van der Waals surface area contributed by atoms with Crippen LogP contribution in [0.1, 0.15) is 39.0 Å². The van der Waals surface area contributed by atoms with E-state index in [0.717, 1.165) is 37.9 Å². The number of rotatable bonds is 4. The van der Waals surface area contributed by atoms with E-state index in [-0.39, 0.29) is 0 Å². The van der Waals surface area contributed by atoms with Gasteiger partial charge in [-0.3, -0.25) is 4.99 Å². The number of guanidine groups is 1. The summed E-state index contributed by atoms with van der Waals surface area (Å²) in [4.78, 5) is 9.33. The van der Waals surface area contributed by atoms with Crippen LogP contribution in [0.25, 0.3) is 0 Å². The number of aliphatic imine (C=N–C) groups is 1. The Hall–Kier alpha value is -0.770. The number of nitrogens with zero attached hydrogens (tertiary/aromatic N) is 3. The van der Waals surface area contributed by atoms with Crippen molar-refractivity contribution in [2.75, 3.05) is 39.3 Å². The fourth-order valence-corrected chi connectivity index (χ4v) is 2.99. The molecule has 1 unspecified atom stereocenters. The van der Waals surface area contributed by atoms with Crippen molar-refractivity contribution in [3.8, 4) is 0 Å². The molecule has 2 heterocycles. The van der Waals surface area contributed by atoms with Gasteiger partial charge in [0.1, 0.15) is 0 Å². The number of piperidine rings is 1. The van der Waals surface area contributed by atoms with Gasteiger partial charge in [-0.25, -0.2) is 0 Å². The smallest absolute Gasteiger partial charge is 0.191 e. The van der Waals surface area contributed by atoms with Crippen LogP contribution in [-0.4, -0.2) is 55.0 Å². The van der Waals surface area contributed by atoms with Crippen LogP contribution in [-0.2, 0) is 0 Å². The van der Waals surface area contributed by atoms with Crippen molar-refractivity contribution >= 4 is 5.96 Å². The molecule has 2 fully saturated rings. The molecule has 0 aromatic heterocycles. The molecular formula is C14H28N4. The van der Waals surface area contributed by atoms with Crippen molar-refractivity contribution in [3.05, 3.63) is 0 Å². The minimum Gasteiger partial charge on any atom is -0.370 e. The molecule has 0 amide bonds. The molecule has 4 nitrogen and oxygen atoms in total. The van der Waals surface area contributed by atoms with Crippen LogP contribution < -0.4 is 5.73 Å². The lowest BCUT2D eigenvalue weighted by atomic mass is 10.0. The quantitative estimate of drug-likeness (QED) is 0.469. The zero-order valence-electron chi connectivity index (χ0n) is 11.8. The normalized spacial score (nSPS) is 26.8. The third-order valence-corrected chi connectivity index (χ3v) is 4.09.